The van der Waals surface area contributed by atoms with Crippen LogP contribution in [0, 0.1) is 5.41 Å². The van der Waals surface area contributed by atoms with Crippen molar-refractivity contribution in [3.8, 4) is 0 Å². The normalized spacial score (nSPS) is 16.4. The monoisotopic (exact) mass is 1540 g/mol. The maximum atomic E-state index is 12.6. The van der Waals surface area contributed by atoms with Crippen LogP contribution < -0.4 is 31.9 Å². The van der Waals surface area contributed by atoms with Crippen molar-refractivity contribution in [1.82, 2.24) is 31.9 Å². The lowest BCUT2D eigenvalue weighted by atomic mass is 9.94. The molecule has 0 saturated heterocycles. The van der Waals surface area contributed by atoms with Crippen LogP contribution in [0.2, 0.25) is 0 Å². The number of carbonyl (C=O) groups is 6. The van der Waals surface area contributed by atoms with Gasteiger partial charge in [0.2, 0.25) is 35.4 Å². The summed E-state index contributed by atoms with van der Waals surface area (Å²) in [5.74, 6) is -1.94. The summed E-state index contributed by atoms with van der Waals surface area (Å²) < 4.78 is 77.5. The highest BCUT2D eigenvalue weighted by atomic mass is 31.2. The Morgan fingerprint density at radius 1 is 0.307 bits per heavy atom. The van der Waals surface area contributed by atoms with E-state index in [1.807, 2.05) is 0 Å². The predicted molar refractivity (Wildman–Crippen MR) is 346 cm³/mol. The van der Waals surface area contributed by atoms with Crippen molar-refractivity contribution in [3.05, 3.63) is 0 Å². The third-order valence-corrected chi connectivity index (χ3v) is 15.7. The van der Waals surface area contributed by atoms with E-state index in [2.05, 4.69) is 45.5 Å². The van der Waals surface area contributed by atoms with Crippen LogP contribution in [-0.4, -0.2) is 318 Å². The number of rotatable bonds is 66. The van der Waals surface area contributed by atoms with E-state index in [1.54, 1.807) is 6.92 Å². The average Bonchev–Trinajstić information content (AvgIpc) is 0.938. The van der Waals surface area contributed by atoms with Gasteiger partial charge in [0.25, 0.3) is 0 Å². The molecule has 12 atom stereocenters. The van der Waals surface area contributed by atoms with Gasteiger partial charge in [0.15, 0.2) is 18.9 Å². The van der Waals surface area contributed by atoms with E-state index in [0.717, 1.165) is 0 Å². The molecule has 0 bridgehead atoms. The lowest BCUT2D eigenvalue weighted by Crippen LogP contribution is -2.45. The number of carbonyl (C=O) groups excluding carboxylic acids is 6. The molecule has 0 spiro atoms. The molecule has 0 aromatic carbocycles. The highest BCUT2D eigenvalue weighted by Gasteiger charge is 2.35. The number of phosphoric acid groups is 3. The summed E-state index contributed by atoms with van der Waals surface area (Å²) in [6.07, 6.45) is -21.0. The van der Waals surface area contributed by atoms with E-state index in [9.17, 15) is 104 Å². The first kappa shape index (κ1) is 97.4. The number of nitrogens with one attached hydrogen (secondary N) is 6. The highest BCUT2D eigenvalue weighted by Crippen LogP contribution is 2.37. The molecular weight excluding hydrogens is 1430 g/mol. The van der Waals surface area contributed by atoms with Crippen LogP contribution in [0.25, 0.3) is 0 Å². The molecule has 0 fully saturated rings. The molecule has 0 rings (SSSR count). The Bertz CT molecular complexity index is 2150. The van der Waals surface area contributed by atoms with Crippen molar-refractivity contribution in [2.75, 3.05) is 119 Å². The summed E-state index contributed by atoms with van der Waals surface area (Å²) >= 11 is 0. The standard InChI is InChI=1S/C56H111N6O36P3/c1-56(35-90-29-17-44(69)60-23-8-20-57-41(66)11-2-5-26-93-53(78)50(75)47(72)38(63)14-32-96-99(81,82)83,36-91-30-18-45(70)61-24-9-21-58-42(67)12-3-6-27-94-54(79)51(76)48(73)39(64)15-33-97-100(84,85)86)37-92-31-19-46(71)62-25-10-22-59-43(68)13-4-7-28-95-55(80)52(77)49(74)40(65)16-34-98-101(87,88)89/h38-40,47-55,63-65,72-80H,2-37H2,1H3,(H,57,66)(H,58,67)(H,59,68)(H,60,69)(H,61,70)(H,62,71)(H2,81,82,83)(H2,84,85,86)(H2,87,88,89). The number of aliphatic hydroxyl groups excluding tert-OH is 12. The molecule has 45 heteroatoms. The fourth-order valence-electron chi connectivity index (χ4n) is 8.39. The third kappa shape index (κ3) is 54.7. The molecule has 596 valence electrons. The van der Waals surface area contributed by atoms with Gasteiger partial charge in [0, 0.05) is 103 Å². The fourth-order valence-corrected chi connectivity index (χ4v) is 9.42. The first-order valence-corrected chi connectivity index (χ1v) is 37.4. The summed E-state index contributed by atoms with van der Waals surface area (Å²) in [5, 5.41) is 136. The van der Waals surface area contributed by atoms with Crippen molar-refractivity contribution in [1.29, 1.82) is 0 Å². The molecule has 0 aliphatic carbocycles. The molecular formula is C56H111N6O36P3. The molecule has 0 heterocycles. The smallest absolute Gasteiger partial charge is 0.390 e. The van der Waals surface area contributed by atoms with Gasteiger partial charge in [0.1, 0.15) is 36.6 Å². The summed E-state index contributed by atoms with van der Waals surface area (Å²) in [5.41, 5.74) is -0.843. The van der Waals surface area contributed by atoms with Crippen LogP contribution >= 0.6 is 23.5 Å². The fraction of sp³-hybridized carbons (Fsp3) is 0.893. The van der Waals surface area contributed by atoms with Crippen molar-refractivity contribution < 1.29 is 175 Å². The topological polar surface area (TPSA) is 673 Å². The van der Waals surface area contributed by atoms with Gasteiger partial charge in [-0.3, -0.25) is 42.3 Å². The number of unbranched alkanes of at least 4 members (excludes halogenated alkanes) is 3. The zero-order valence-corrected chi connectivity index (χ0v) is 59.3. The molecule has 0 saturated carbocycles. The maximum Gasteiger partial charge on any atom is 0.469 e. The van der Waals surface area contributed by atoms with E-state index < -0.39 is 142 Å². The van der Waals surface area contributed by atoms with E-state index in [4.69, 9.17) is 57.8 Å². The lowest BCUT2D eigenvalue weighted by molar-refractivity contribution is -0.203. The Labute approximate surface area is 584 Å². The Hall–Kier alpha value is -3.57. The summed E-state index contributed by atoms with van der Waals surface area (Å²) in [7, 11) is -14.4. The zero-order valence-electron chi connectivity index (χ0n) is 56.6. The minimum atomic E-state index is -4.81. The van der Waals surface area contributed by atoms with Crippen molar-refractivity contribution in [3.63, 3.8) is 0 Å². The van der Waals surface area contributed by atoms with Crippen LogP contribution in [0.15, 0.2) is 0 Å². The average molecular weight is 1540 g/mol. The van der Waals surface area contributed by atoms with Gasteiger partial charge in [-0.2, -0.15) is 0 Å². The molecule has 6 amide bonds. The number of hydrogen-bond donors (Lipinski definition) is 24. The van der Waals surface area contributed by atoms with Gasteiger partial charge in [-0.25, -0.2) is 13.7 Å². The first-order valence-electron chi connectivity index (χ1n) is 32.8. The van der Waals surface area contributed by atoms with Crippen molar-refractivity contribution >= 4 is 58.9 Å². The van der Waals surface area contributed by atoms with Gasteiger partial charge in [-0.15, -0.1) is 0 Å². The number of amides is 6. The number of hydrogen-bond acceptors (Lipinski definition) is 30. The third-order valence-electron chi connectivity index (χ3n) is 14.2. The number of aliphatic hydroxyl groups is 12. The molecule has 12 unspecified atom stereocenters. The van der Waals surface area contributed by atoms with Crippen LogP contribution in [0.1, 0.15) is 122 Å². The maximum absolute atomic E-state index is 12.6. The van der Waals surface area contributed by atoms with Gasteiger partial charge >= 0.3 is 23.5 Å². The van der Waals surface area contributed by atoms with Gasteiger partial charge in [0.05, 0.1) is 77.8 Å². The number of ether oxygens (including phenoxy) is 6. The largest absolute Gasteiger partial charge is 0.469 e. The molecule has 0 aromatic heterocycles. The molecule has 0 aliphatic rings. The zero-order chi connectivity index (χ0) is 76.5. The summed E-state index contributed by atoms with van der Waals surface area (Å²) in [6.45, 7) is 0.870. The second kappa shape index (κ2) is 55.8. The summed E-state index contributed by atoms with van der Waals surface area (Å²) in [6, 6.07) is 0. The Morgan fingerprint density at radius 2 is 0.525 bits per heavy atom. The quantitative estimate of drug-likeness (QED) is 0.0153. The van der Waals surface area contributed by atoms with E-state index in [-0.39, 0.29) is 192 Å². The van der Waals surface area contributed by atoms with E-state index >= 15 is 0 Å². The van der Waals surface area contributed by atoms with Crippen LogP contribution in [0.4, 0.5) is 0 Å². The highest BCUT2D eigenvalue weighted by molar-refractivity contribution is 7.46. The second-order valence-corrected chi connectivity index (χ2v) is 27.2. The van der Waals surface area contributed by atoms with Crippen LogP contribution in [-0.2, 0) is 84.5 Å². The van der Waals surface area contributed by atoms with Crippen LogP contribution in [0.5, 0.6) is 0 Å². The molecule has 42 nitrogen and oxygen atoms in total. The van der Waals surface area contributed by atoms with E-state index in [0.29, 0.717) is 38.5 Å². The second-order valence-electron chi connectivity index (χ2n) is 23.5. The minimum Gasteiger partial charge on any atom is -0.390 e. The van der Waals surface area contributed by atoms with Crippen molar-refractivity contribution in [2.45, 2.75) is 196 Å². The molecule has 24 N–H and O–H groups in total. The lowest BCUT2D eigenvalue weighted by Gasteiger charge is -2.29. The Balaban J connectivity index is 4.89. The SMILES string of the molecule is CC(COCCC(=O)NCCCNC(=O)CCCCOC(O)C(O)C(O)C(O)CCOP(=O)(O)O)(COCCC(=O)NCCCNC(=O)CCCCOC(O)C(O)C(O)C(O)CCOP(=O)(O)O)COCCC(=O)NCCCNC(=O)CCCCOC(O)C(O)C(O)C(O)CCOP(=O)(O)O. The van der Waals surface area contributed by atoms with E-state index in [1.165, 1.54) is 0 Å². The molecule has 0 aliphatic heterocycles. The molecule has 0 aromatic rings. The van der Waals surface area contributed by atoms with Gasteiger partial charge in [-0.1, -0.05) is 6.92 Å². The molecule has 0 radical (unpaired) electrons. The number of phosphoric ester groups is 3. The minimum absolute atomic E-state index is 0.0106. The summed E-state index contributed by atoms with van der Waals surface area (Å²) in [4.78, 5) is 127. The van der Waals surface area contributed by atoms with Gasteiger partial charge < -0.3 is 151 Å². The van der Waals surface area contributed by atoms with Crippen LogP contribution in [0.3, 0.4) is 0 Å². The van der Waals surface area contributed by atoms with Crippen molar-refractivity contribution in [2.24, 2.45) is 5.41 Å². The van der Waals surface area contributed by atoms with Gasteiger partial charge in [-0.05, 0) is 77.0 Å². The first-order chi connectivity index (χ1) is 47.4. The predicted octanol–water partition coefficient (Wildman–Crippen LogP) is -6.66. The molecule has 101 heavy (non-hydrogen) atoms. The Morgan fingerprint density at radius 3 is 0.743 bits per heavy atom. The Kier molecular flexibility index (Phi) is 53.8.